The summed E-state index contributed by atoms with van der Waals surface area (Å²) in [6.07, 6.45) is -1.08. The Bertz CT molecular complexity index is 303. The number of aliphatic hydroxyl groups excluding tert-OH is 2. The lowest BCUT2D eigenvalue weighted by Crippen LogP contribution is -2.05. The summed E-state index contributed by atoms with van der Waals surface area (Å²) < 4.78 is 0. The van der Waals surface area contributed by atoms with Crippen LogP contribution < -0.4 is 0 Å². The van der Waals surface area contributed by atoms with Gasteiger partial charge in [0.25, 0.3) is 0 Å². The lowest BCUT2D eigenvalue weighted by atomic mass is 10.0. The fourth-order valence-electron chi connectivity index (χ4n) is 1.60. The van der Waals surface area contributed by atoms with Crippen LogP contribution in [0.1, 0.15) is 48.6 Å². The summed E-state index contributed by atoms with van der Waals surface area (Å²) in [5.41, 5.74) is 3.21. The van der Waals surface area contributed by atoms with Gasteiger partial charge >= 0.3 is 0 Å². The van der Waals surface area contributed by atoms with Crippen LogP contribution in [0, 0.1) is 13.8 Å². The summed E-state index contributed by atoms with van der Waals surface area (Å²) in [7, 11) is 0. The minimum atomic E-state index is -0.541. The molecular weight excluding hydrogens is 178 g/mol. The minimum Gasteiger partial charge on any atom is -0.389 e. The van der Waals surface area contributed by atoms with Gasteiger partial charge in [0.2, 0.25) is 0 Å². The van der Waals surface area contributed by atoms with Gasteiger partial charge in [0.15, 0.2) is 0 Å². The fraction of sp³-hybridized carbons (Fsp3) is 0.545. The van der Waals surface area contributed by atoms with Crippen molar-refractivity contribution < 1.29 is 10.2 Å². The highest BCUT2D eigenvalue weighted by molar-refractivity contribution is 5.32. The summed E-state index contributed by atoms with van der Waals surface area (Å²) in [4.78, 5) is 4.30. The van der Waals surface area contributed by atoms with Crippen LogP contribution in [-0.4, -0.2) is 15.2 Å². The standard InChI is InChI=1S/C11H17NO2/c1-6-10(8(3)13)5-11(9(4)14)7(2)12-6/h5,8-9,13-14H,1-4H3/t8-,9-/m1/s1. The Hall–Kier alpha value is -0.930. The summed E-state index contributed by atoms with van der Waals surface area (Å²) in [6, 6.07) is 1.83. The third-order valence-corrected chi connectivity index (χ3v) is 2.38. The number of nitrogens with zero attached hydrogens (tertiary/aromatic N) is 1. The quantitative estimate of drug-likeness (QED) is 0.756. The maximum absolute atomic E-state index is 9.48. The molecule has 0 saturated carbocycles. The third kappa shape index (κ3) is 2.11. The molecule has 0 aliphatic rings. The van der Waals surface area contributed by atoms with Crippen LogP contribution >= 0.6 is 0 Å². The molecule has 1 aromatic rings. The van der Waals surface area contributed by atoms with Crippen LogP contribution in [0.15, 0.2) is 6.07 Å². The van der Waals surface area contributed by atoms with Crippen LogP contribution in [-0.2, 0) is 0 Å². The topological polar surface area (TPSA) is 53.4 Å². The maximum atomic E-state index is 9.48. The van der Waals surface area contributed by atoms with Crippen molar-refractivity contribution in [1.29, 1.82) is 0 Å². The zero-order valence-corrected chi connectivity index (χ0v) is 9.07. The molecule has 0 radical (unpaired) electrons. The average molecular weight is 195 g/mol. The minimum absolute atomic E-state index is 0.541. The molecule has 1 rings (SSSR count). The molecule has 78 valence electrons. The van der Waals surface area contributed by atoms with E-state index in [1.54, 1.807) is 13.8 Å². The molecule has 0 amide bonds. The maximum Gasteiger partial charge on any atom is 0.0779 e. The van der Waals surface area contributed by atoms with E-state index in [0.717, 1.165) is 22.5 Å². The molecule has 0 aliphatic heterocycles. The lowest BCUT2D eigenvalue weighted by molar-refractivity contribution is 0.190. The van der Waals surface area contributed by atoms with E-state index in [1.807, 2.05) is 19.9 Å². The first-order valence-corrected chi connectivity index (χ1v) is 4.77. The molecule has 2 N–H and O–H groups in total. The highest BCUT2D eigenvalue weighted by Crippen LogP contribution is 2.23. The van der Waals surface area contributed by atoms with Crippen LogP contribution in [0.25, 0.3) is 0 Å². The molecule has 3 heteroatoms. The van der Waals surface area contributed by atoms with Crippen molar-refractivity contribution in [2.45, 2.75) is 39.9 Å². The van der Waals surface area contributed by atoms with E-state index < -0.39 is 12.2 Å². The second-order valence-electron chi connectivity index (χ2n) is 3.69. The molecule has 0 fully saturated rings. The normalized spacial score (nSPS) is 15.3. The largest absolute Gasteiger partial charge is 0.389 e. The number of hydrogen-bond donors (Lipinski definition) is 2. The second kappa shape index (κ2) is 4.07. The van der Waals surface area contributed by atoms with Crippen molar-refractivity contribution >= 4 is 0 Å². The molecule has 0 bridgehead atoms. The third-order valence-electron chi connectivity index (χ3n) is 2.38. The zero-order valence-electron chi connectivity index (χ0n) is 9.07. The van der Waals surface area contributed by atoms with Crippen molar-refractivity contribution in [3.05, 3.63) is 28.6 Å². The van der Waals surface area contributed by atoms with E-state index in [1.165, 1.54) is 0 Å². The second-order valence-corrected chi connectivity index (χ2v) is 3.69. The van der Waals surface area contributed by atoms with Gasteiger partial charge in [-0.2, -0.15) is 0 Å². The molecule has 0 unspecified atom stereocenters. The van der Waals surface area contributed by atoms with Gasteiger partial charge in [0.1, 0.15) is 0 Å². The number of aromatic nitrogens is 1. The van der Waals surface area contributed by atoms with Crippen molar-refractivity contribution in [3.63, 3.8) is 0 Å². The van der Waals surface area contributed by atoms with Crippen LogP contribution in [0.2, 0.25) is 0 Å². The first kappa shape index (κ1) is 11.1. The number of aryl methyl sites for hydroxylation is 2. The summed E-state index contributed by atoms with van der Waals surface area (Å²) >= 11 is 0. The van der Waals surface area contributed by atoms with Gasteiger partial charge in [-0.3, -0.25) is 4.98 Å². The molecule has 1 heterocycles. The Morgan fingerprint density at radius 1 is 1.00 bits per heavy atom. The smallest absolute Gasteiger partial charge is 0.0779 e. The number of rotatable bonds is 2. The Morgan fingerprint density at radius 2 is 1.36 bits per heavy atom. The Balaban J connectivity index is 3.27. The van der Waals surface area contributed by atoms with Crippen molar-refractivity contribution in [2.24, 2.45) is 0 Å². The monoisotopic (exact) mass is 195 g/mol. The first-order chi connectivity index (χ1) is 6.43. The Labute approximate surface area is 84.4 Å². The zero-order chi connectivity index (χ0) is 10.9. The highest BCUT2D eigenvalue weighted by Gasteiger charge is 2.12. The van der Waals surface area contributed by atoms with E-state index >= 15 is 0 Å². The highest BCUT2D eigenvalue weighted by atomic mass is 16.3. The molecule has 0 aliphatic carbocycles. The fourth-order valence-corrected chi connectivity index (χ4v) is 1.60. The summed E-state index contributed by atoms with van der Waals surface area (Å²) in [5, 5.41) is 19.0. The molecule has 2 atom stereocenters. The molecule has 14 heavy (non-hydrogen) atoms. The Kier molecular flexibility index (Phi) is 3.24. The van der Waals surface area contributed by atoms with E-state index in [9.17, 15) is 10.2 Å². The Morgan fingerprint density at radius 3 is 1.64 bits per heavy atom. The van der Waals surface area contributed by atoms with Crippen LogP contribution in [0.3, 0.4) is 0 Å². The summed E-state index contributed by atoms with van der Waals surface area (Å²) in [6.45, 7) is 7.12. The van der Waals surface area contributed by atoms with E-state index in [-0.39, 0.29) is 0 Å². The number of pyridine rings is 1. The molecule has 0 aromatic carbocycles. The van der Waals surface area contributed by atoms with Crippen molar-refractivity contribution in [3.8, 4) is 0 Å². The van der Waals surface area contributed by atoms with Gasteiger partial charge in [0, 0.05) is 22.5 Å². The van der Waals surface area contributed by atoms with Gasteiger partial charge in [-0.05, 0) is 33.8 Å². The molecule has 3 nitrogen and oxygen atoms in total. The van der Waals surface area contributed by atoms with Crippen LogP contribution in [0.4, 0.5) is 0 Å². The van der Waals surface area contributed by atoms with Gasteiger partial charge in [-0.15, -0.1) is 0 Å². The van der Waals surface area contributed by atoms with E-state index in [2.05, 4.69) is 4.98 Å². The van der Waals surface area contributed by atoms with Crippen molar-refractivity contribution in [1.82, 2.24) is 4.98 Å². The SMILES string of the molecule is Cc1nc(C)c([C@@H](C)O)cc1[C@@H](C)O. The predicted octanol–water partition coefficient (Wildman–Crippen LogP) is 1.81. The molecule has 0 spiro atoms. The predicted molar refractivity (Wildman–Crippen MR) is 55.0 cm³/mol. The molecule has 1 aromatic heterocycles. The van der Waals surface area contributed by atoms with Gasteiger partial charge in [0.05, 0.1) is 12.2 Å². The van der Waals surface area contributed by atoms with E-state index in [4.69, 9.17) is 0 Å². The van der Waals surface area contributed by atoms with Crippen LogP contribution in [0.5, 0.6) is 0 Å². The number of hydrogen-bond acceptors (Lipinski definition) is 3. The van der Waals surface area contributed by atoms with Crippen molar-refractivity contribution in [2.75, 3.05) is 0 Å². The van der Waals surface area contributed by atoms with Gasteiger partial charge in [-0.25, -0.2) is 0 Å². The van der Waals surface area contributed by atoms with Gasteiger partial charge in [-0.1, -0.05) is 0 Å². The number of aliphatic hydroxyl groups is 2. The van der Waals surface area contributed by atoms with E-state index in [0.29, 0.717) is 0 Å². The first-order valence-electron chi connectivity index (χ1n) is 4.77. The molecule has 0 saturated heterocycles. The summed E-state index contributed by atoms with van der Waals surface area (Å²) in [5.74, 6) is 0. The van der Waals surface area contributed by atoms with Gasteiger partial charge < -0.3 is 10.2 Å². The lowest BCUT2D eigenvalue weighted by Gasteiger charge is -2.14. The average Bonchev–Trinajstić information content (AvgIpc) is 2.02. The molecular formula is C11H17NO2.